The van der Waals surface area contributed by atoms with E-state index in [1.54, 1.807) is 24.3 Å². The summed E-state index contributed by atoms with van der Waals surface area (Å²) in [7, 11) is 0. The van der Waals surface area contributed by atoms with Crippen LogP contribution in [0.15, 0.2) is 59.6 Å². The van der Waals surface area contributed by atoms with Crippen LogP contribution in [-0.4, -0.2) is 44.7 Å². The van der Waals surface area contributed by atoms with E-state index in [0.717, 1.165) is 18.9 Å². The maximum Gasteiger partial charge on any atom is 0.252 e. The van der Waals surface area contributed by atoms with E-state index in [9.17, 15) is 4.79 Å². The smallest absolute Gasteiger partial charge is 0.252 e. The van der Waals surface area contributed by atoms with Gasteiger partial charge in [-0.25, -0.2) is 0 Å². The van der Waals surface area contributed by atoms with Crippen molar-refractivity contribution in [1.82, 2.24) is 16.0 Å². The molecule has 2 aromatic rings. The number of aliphatic imine (C=N–C) groups is 1. The van der Waals surface area contributed by atoms with Gasteiger partial charge in [-0.3, -0.25) is 9.79 Å². The van der Waals surface area contributed by atoms with Crippen molar-refractivity contribution < 1.29 is 9.53 Å². The number of halogens is 2. The molecule has 0 aliphatic rings. The van der Waals surface area contributed by atoms with Crippen molar-refractivity contribution in [1.29, 1.82) is 0 Å². The molecule has 6 nitrogen and oxygen atoms in total. The Morgan fingerprint density at radius 3 is 2.42 bits per heavy atom. The van der Waals surface area contributed by atoms with E-state index in [2.05, 4.69) is 40.0 Å². The minimum atomic E-state index is -0.186. The number of ether oxygens (including phenoxy) is 1. The van der Waals surface area contributed by atoms with E-state index in [0.29, 0.717) is 36.8 Å². The molecule has 0 spiro atoms. The number of nitrogens with zero attached hydrogens (tertiary/aromatic N) is 1. The first-order valence-corrected chi connectivity index (χ1v) is 10.7. The first kappa shape index (κ1) is 27.2. The van der Waals surface area contributed by atoms with E-state index >= 15 is 0 Å². The normalized spacial score (nSPS) is 11.9. The van der Waals surface area contributed by atoms with E-state index in [-0.39, 0.29) is 36.0 Å². The fraction of sp³-hybridized carbons (Fsp3) is 0.391. The summed E-state index contributed by atoms with van der Waals surface area (Å²) in [6, 6.07) is 17.2. The summed E-state index contributed by atoms with van der Waals surface area (Å²) in [6.07, 6.45) is 0.903. The van der Waals surface area contributed by atoms with Crippen LogP contribution >= 0.6 is 35.6 Å². The molecule has 0 fully saturated rings. The molecule has 0 aliphatic carbocycles. The molecule has 1 atom stereocenters. The molecule has 3 N–H and O–H groups in total. The number of hydrogen-bond donors (Lipinski definition) is 3. The van der Waals surface area contributed by atoms with Gasteiger partial charge in [0.05, 0.1) is 16.7 Å². The number of amides is 1. The Morgan fingerprint density at radius 2 is 1.71 bits per heavy atom. The van der Waals surface area contributed by atoms with Gasteiger partial charge in [0.15, 0.2) is 5.96 Å². The second-order valence-corrected chi connectivity index (χ2v) is 7.11. The van der Waals surface area contributed by atoms with Gasteiger partial charge in [0.25, 0.3) is 5.91 Å². The number of nitrogens with one attached hydrogen (secondary N) is 3. The second-order valence-electron chi connectivity index (χ2n) is 6.70. The average molecular weight is 559 g/mol. The number of carbonyl (C=O) groups excluding carboxylic acids is 1. The molecule has 8 heteroatoms. The van der Waals surface area contributed by atoms with E-state index in [1.165, 1.54) is 5.56 Å². The van der Waals surface area contributed by atoms with Crippen LogP contribution in [0, 0.1) is 0 Å². The molecular weight excluding hydrogens is 527 g/mol. The first-order valence-electron chi connectivity index (χ1n) is 10.3. The monoisotopic (exact) mass is 558 g/mol. The maximum absolute atomic E-state index is 12.2. The summed E-state index contributed by atoms with van der Waals surface area (Å²) in [4.78, 5) is 16.7. The molecule has 1 unspecified atom stereocenters. The Labute approximate surface area is 207 Å². The lowest BCUT2D eigenvalue weighted by molar-refractivity contribution is 0.0652. The molecule has 170 valence electrons. The lowest BCUT2D eigenvalue weighted by Crippen LogP contribution is -2.41. The minimum Gasteiger partial charge on any atom is -0.374 e. The zero-order chi connectivity index (χ0) is 21.6. The highest BCUT2D eigenvalue weighted by molar-refractivity contribution is 14.0. The van der Waals surface area contributed by atoms with Crippen LogP contribution in [0.3, 0.4) is 0 Å². The van der Waals surface area contributed by atoms with E-state index in [1.807, 2.05) is 25.1 Å². The zero-order valence-electron chi connectivity index (χ0n) is 18.1. The Bertz CT molecular complexity index is 805. The highest BCUT2D eigenvalue weighted by Gasteiger charge is 2.08. The van der Waals surface area contributed by atoms with Gasteiger partial charge in [-0.1, -0.05) is 54.1 Å². The molecule has 0 saturated heterocycles. The van der Waals surface area contributed by atoms with Crippen LogP contribution in [0.4, 0.5) is 0 Å². The summed E-state index contributed by atoms with van der Waals surface area (Å²) in [5, 5.41) is 9.72. The molecule has 0 heterocycles. The predicted molar refractivity (Wildman–Crippen MR) is 139 cm³/mol. The van der Waals surface area contributed by atoms with Gasteiger partial charge < -0.3 is 20.7 Å². The molecular formula is C23H32ClIN4O2. The average Bonchev–Trinajstić information content (AvgIpc) is 2.77. The van der Waals surface area contributed by atoms with Gasteiger partial charge in [-0.2, -0.15) is 0 Å². The maximum atomic E-state index is 12.2. The molecule has 0 saturated carbocycles. The molecule has 1 amide bonds. The number of benzene rings is 2. The van der Waals surface area contributed by atoms with Gasteiger partial charge in [-0.15, -0.1) is 24.0 Å². The predicted octanol–water partition coefficient (Wildman–Crippen LogP) is 4.41. The molecule has 0 radical (unpaired) electrons. The Balaban J connectivity index is 0.00000480. The van der Waals surface area contributed by atoms with Crippen molar-refractivity contribution in [2.24, 2.45) is 4.99 Å². The van der Waals surface area contributed by atoms with Crippen LogP contribution in [0.5, 0.6) is 0 Å². The third-order valence-corrected chi connectivity index (χ3v) is 4.70. The number of rotatable bonds is 11. The van der Waals surface area contributed by atoms with Crippen LogP contribution < -0.4 is 16.0 Å². The quantitative estimate of drug-likeness (QED) is 0.165. The lowest BCUT2D eigenvalue weighted by Gasteiger charge is -2.14. The van der Waals surface area contributed by atoms with Crippen LogP contribution in [0.2, 0.25) is 5.02 Å². The fourth-order valence-corrected chi connectivity index (χ4v) is 3.00. The zero-order valence-corrected chi connectivity index (χ0v) is 21.2. The van der Waals surface area contributed by atoms with Crippen molar-refractivity contribution in [3.63, 3.8) is 0 Å². The number of guanidine groups is 1. The summed E-state index contributed by atoms with van der Waals surface area (Å²) in [5.41, 5.74) is 1.65. The van der Waals surface area contributed by atoms with Gasteiger partial charge in [0, 0.05) is 32.8 Å². The highest BCUT2D eigenvalue weighted by atomic mass is 127. The summed E-state index contributed by atoms with van der Waals surface area (Å²) in [6.45, 7) is 7.16. The molecule has 31 heavy (non-hydrogen) atoms. The van der Waals surface area contributed by atoms with Crippen LogP contribution in [-0.2, 0) is 4.74 Å². The van der Waals surface area contributed by atoms with Crippen molar-refractivity contribution in [3.05, 3.63) is 70.7 Å². The van der Waals surface area contributed by atoms with Crippen molar-refractivity contribution in [3.8, 4) is 0 Å². The summed E-state index contributed by atoms with van der Waals surface area (Å²) >= 11 is 6.04. The summed E-state index contributed by atoms with van der Waals surface area (Å²) < 4.78 is 5.88. The number of hydrogen-bond acceptors (Lipinski definition) is 3. The minimum absolute atomic E-state index is 0. The van der Waals surface area contributed by atoms with Gasteiger partial charge in [0.1, 0.15) is 0 Å². The largest absolute Gasteiger partial charge is 0.374 e. The van der Waals surface area contributed by atoms with Crippen LogP contribution in [0.25, 0.3) is 0 Å². The molecule has 2 aromatic carbocycles. The topological polar surface area (TPSA) is 74.8 Å². The third kappa shape index (κ3) is 10.3. The van der Waals surface area contributed by atoms with Gasteiger partial charge in [0.2, 0.25) is 0 Å². The van der Waals surface area contributed by atoms with Crippen LogP contribution in [0.1, 0.15) is 42.3 Å². The van der Waals surface area contributed by atoms with Crippen molar-refractivity contribution in [2.75, 3.05) is 32.8 Å². The van der Waals surface area contributed by atoms with Gasteiger partial charge in [-0.05, 0) is 38.0 Å². The summed E-state index contributed by atoms with van der Waals surface area (Å²) in [5.74, 6) is 0.537. The second kappa shape index (κ2) is 15.9. The van der Waals surface area contributed by atoms with E-state index < -0.39 is 0 Å². The molecule has 0 aromatic heterocycles. The van der Waals surface area contributed by atoms with Gasteiger partial charge >= 0.3 is 0 Å². The standard InChI is InChI=1S/C23H31ClN4O2.HI/c1-3-25-23(27-14-9-17-30-18(2)19-10-5-4-6-11-19)28-16-15-26-22(29)20-12-7-8-13-21(20)24;/h4-8,10-13,18H,3,9,14-17H2,1-2H3,(H,26,29)(H2,25,27,28);1H. The van der Waals surface area contributed by atoms with Crippen molar-refractivity contribution >= 4 is 47.4 Å². The van der Waals surface area contributed by atoms with E-state index in [4.69, 9.17) is 16.3 Å². The Hall–Kier alpha value is -1.84. The molecule has 0 bridgehead atoms. The number of carbonyl (C=O) groups is 1. The first-order chi connectivity index (χ1) is 14.6. The fourth-order valence-electron chi connectivity index (χ4n) is 2.78. The third-order valence-electron chi connectivity index (χ3n) is 4.37. The molecule has 0 aliphatic heterocycles. The Morgan fingerprint density at radius 1 is 1.03 bits per heavy atom. The highest BCUT2D eigenvalue weighted by Crippen LogP contribution is 2.16. The molecule has 2 rings (SSSR count). The Kier molecular flexibility index (Phi) is 13.9. The SMILES string of the molecule is CCNC(=NCCCOC(C)c1ccccc1)NCCNC(=O)c1ccccc1Cl.I. The lowest BCUT2D eigenvalue weighted by atomic mass is 10.1. The van der Waals surface area contributed by atoms with Crippen molar-refractivity contribution in [2.45, 2.75) is 26.4 Å².